The van der Waals surface area contributed by atoms with Gasteiger partial charge in [0.05, 0.1) is 11.5 Å². The van der Waals surface area contributed by atoms with E-state index in [1.807, 2.05) is 6.92 Å². The van der Waals surface area contributed by atoms with Crippen LogP contribution in [-0.4, -0.2) is 47.3 Å². The van der Waals surface area contributed by atoms with Crippen LogP contribution in [0.5, 0.6) is 0 Å². The molecule has 0 radical (unpaired) electrons. The normalized spacial score (nSPS) is 26.2. The van der Waals surface area contributed by atoms with Gasteiger partial charge in [-0.1, -0.05) is 6.92 Å². The van der Waals surface area contributed by atoms with Crippen molar-refractivity contribution in [3.05, 3.63) is 0 Å². The van der Waals surface area contributed by atoms with Gasteiger partial charge in [0, 0.05) is 26.1 Å². The van der Waals surface area contributed by atoms with Crippen LogP contribution in [-0.2, 0) is 9.59 Å². The van der Waals surface area contributed by atoms with Gasteiger partial charge in [-0.05, 0) is 32.1 Å². The molecule has 20 heavy (non-hydrogen) atoms. The van der Waals surface area contributed by atoms with Crippen molar-refractivity contribution in [2.75, 3.05) is 19.6 Å². The summed E-state index contributed by atoms with van der Waals surface area (Å²) in [6.45, 7) is 3.64. The third-order valence-corrected chi connectivity index (χ3v) is 3.82. The summed E-state index contributed by atoms with van der Waals surface area (Å²) >= 11 is 0. The fraction of sp³-hybridized carbons (Fsp3) is 0.857. The van der Waals surface area contributed by atoms with Crippen LogP contribution in [0.15, 0.2) is 0 Å². The molecule has 0 saturated heterocycles. The number of aliphatic carboxylic acids is 1. The Balaban J connectivity index is 2.15. The first-order valence-electron chi connectivity index (χ1n) is 7.39. The number of amides is 1. The molecule has 0 bridgehead atoms. The zero-order valence-corrected chi connectivity index (χ0v) is 12.2. The van der Waals surface area contributed by atoms with Crippen molar-refractivity contribution < 1.29 is 19.8 Å². The third-order valence-electron chi connectivity index (χ3n) is 3.82. The van der Waals surface area contributed by atoms with E-state index in [-0.39, 0.29) is 11.8 Å². The summed E-state index contributed by atoms with van der Waals surface area (Å²) in [4.78, 5) is 22.2. The molecule has 0 aliphatic heterocycles. The van der Waals surface area contributed by atoms with Crippen LogP contribution in [0, 0.1) is 5.92 Å². The summed E-state index contributed by atoms with van der Waals surface area (Å²) in [5.41, 5.74) is -0.828. The lowest BCUT2D eigenvalue weighted by Crippen LogP contribution is -2.45. The van der Waals surface area contributed by atoms with E-state index in [1.54, 1.807) is 0 Å². The van der Waals surface area contributed by atoms with Crippen LogP contribution < -0.4 is 10.6 Å². The first kappa shape index (κ1) is 16.9. The number of carboxylic acids is 1. The number of hydrogen-bond acceptors (Lipinski definition) is 4. The minimum absolute atomic E-state index is 0.0147. The van der Waals surface area contributed by atoms with Crippen molar-refractivity contribution in [1.82, 2.24) is 10.6 Å². The highest BCUT2D eigenvalue weighted by atomic mass is 16.4. The molecule has 6 heteroatoms. The number of carbonyl (C=O) groups is 2. The van der Waals surface area contributed by atoms with Gasteiger partial charge < -0.3 is 20.8 Å². The Kier molecular flexibility index (Phi) is 6.95. The molecule has 0 unspecified atom stereocenters. The summed E-state index contributed by atoms with van der Waals surface area (Å²) in [6.07, 6.45) is 3.35. The van der Waals surface area contributed by atoms with Gasteiger partial charge in [0.15, 0.2) is 0 Å². The molecule has 1 amide bonds. The number of nitrogens with one attached hydrogen (secondary N) is 2. The molecule has 4 N–H and O–H groups in total. The molecule has 0 spiro atoms. The standard InChI is InChI=1S/C14H26N2O4/c1-2-8-16-12(17)5-9-15-10-14(20)6-3-11(4-7-14)13(18)19/h11,15,20H,2-10H2,1H3,(H,16,17)(H,18,19). The average Bonchev–Trinajstić information content (AvgIpc) is 2.42. The molecule has 1 aliphatic carbocycles. The third kappa shape index (κ3) is 5.88. The molecule has 0 aromatic rings. The van der Waals surface area contributed by atoms with Gasteiger partial charge in [-0.3, -0.25) is 9.59 Å². The van der Waals surface area contributed by atoms with Gasteiger partial charge in [-0.15, -0.1) is 0 Å². The fourth-order valence-electron chi connectivity index (χ4n) is 2.45. The van der Waals surface area contributed by atoms with Crippen molar-refractivity contribution in [3.8, 4) is 0 Å². The summed E-state index contributed by atoms with van der Waals surface area (Å²) in [5, 5.41) is 25.1. The van der Waals surface area contributed by atoms with E-state index < -0.39 is 11.6 Å². The Morgan fingerprint density at radius 3 is 2.45 bits per heavy atom. The fourth-order valence-corrected chi connectivity index (χ4v) is 2.45. The highest BCUT2D eigenvalue weighted by molar-refractivity contribution is 5.76. The molecule has 1 rings (SSSR count). The smallest absolute Gasteiger partial charge is 0.306 e. The van der Waals surface area contributed by atoms with E-state index >= 15 is 0 Å². The van der Waals surface area contributed by atoms with E-state index in [2.05, 4.69) is 10.6 Å². The Morgan fingerprint density at radius 2 is 1.90 bits per heavy atom. The molecule has 0 atom stereocenters. The summed E-state index contributed by atoms with van der Waals surface area (Å²) in [5.74, 6) is -1.08. The number of carboxylic acid groups (broad SMARTS) is 1. The maximum Gasteiger partial charge on any atom is 0.306 e. The van der Waals surface area contributed by atoms with Gasteiger partial charge in [0.1, 0.15) is 0 Å². The van der Waals surface area contributed by atoms with Crippen molar-refractivity contribution in [2.45, 2.75) is 51.0 Å². The summed E-state index contributed by atoms with van der Waals surface area (Å²) in [6, 6.07) is 0. The van der Waals surface area contributed by atoms with Gasteiger partial charge in [0.25, 0.3) is 0 Å². The van der Waals surface area contributed by atoms with Crippen molar-refractivity contribution >= 4 is 11.9 Å². The van der Waals surface area contributed by atoms with Crippen LogP contribution >= 0.6 is 0 Å². The highest BCUT2D eigenvalue weighted by Gasteiger charge is 2.35. The number of rotatable bonds is 8. The van der Waals surface area contributed by atoms with E-state index in [0.717, 1.165) is 6.42 Å². The van der Waals surface area contributed by atoms with Gasteiger partial charge >= 0.3 is 5.97 Å². The Morgan fingerprint density at radius 1 is 1.25 bits per heavy atom. The maximum atomic E-state index is 11.4. The van der Waals surface area contributed by atoms with Crippen LogP contribution in [0.3, 0.4) is 0 Å². The Hall–Kier alpha value is -1.14. The second-order valence-electron chi connectivity index (χ2n) is 5.61. The molecular weight excluding hydrogens is 260 g/mol. The van der Waals surface area contributed by atoms with Gasteiger partial charge in [-0.2, -0.15) is 0 Å². The number of aliphatic hydroxyl groups is 1. The summed E-state index contributed by atoms with van der Waals surface area (Å²) < 4.78 is 0. The topological polar surface area (TPSA) is 98.7 Å². The zero-order chi connectivity index (χ0) is 15.0. The van der Waals surface area contributed by atoms with Crippen LogP contribution in [0.4, 0.5) is 0 Å². The summed E-state index contributed by atoms with van der Waals surface area (Å²) in [7, 11) is 0. The molecule has 1 fully saturated rings. The van der Waals surface area contributed by atoms with Crippen LogP contribution in [0.25, 0.3) is 0 Å². The minimum atomic E-state index is -0.828. The van der Waals surface area contributed by atoms with Crippen LogP contribution in [0.2, 0.25) is 0 Å². The highest BCUT2D eigenvalue weighted by Crippen LogP contribution is 2.31. The van der Waals surface area contributed by atoms with Gasteiger partial charge in [0.2, 0.25) is 5.91 Å². The molecule has 0 aromatic carbocycles. The molecular formula is C14H26N2O4. The number of hydrogen-bond donors (Lipinski definition) is 4. The quantitative estimate of drug-likeness (QED) is 0.487. The molecule has 1 aliphatic rings. The molecule has 6 nitrogen and oxygen atoms in total. The van der Waals surface area contributed by atoms with Crippen molar-refractivity contribution in [1.29, 1.82) is 0 Å². The van der Waals surface area contributed by atoms with E-state index in [1.165, 1.54) is 0 Å². The van der Waals surface area contributed by atoms with Crippen LogP contribution in [0.1, 0.15) is 45.4 Å². The average molecular weight is 286 g/mol. The largest absolute Gasteiger partial charge is 0.481 e. The predicted octanol–water partition coefficient (Wildman–Crippen LogP) is 0.498. The Labute approximate surface area is 119 Å². The van der Waals surface area contributed by atoms with Crippen molar-refractivity contribution in [2.24, 2.45) is 5.92 Å². The lowest BCUT2D eigenvalue weighted by Gasteiger charge is -2.34. The van der Waals surface area contributed by atoms with E-state index in [9.17, 15) is 14.7 Å². The lowest BCUT2D eigenvalue weighted by atomic mass is 9.79. The number of carbonyl (C=O) groups excluding carboxylic acids is 1. The van der Waals surface area contributed by atoms with Gasteiger partial charge in [-0.25, -0.2) is 0 Å². The second-order valence-corrected chi connectivity index (χ2v) is 5.61. The SMILES string of the molecule is CCCNC(=O)CCNCC1(O)CCC(C(=O)O)CC1. The van der Waals surface area contributed by atoms with E-state index in [4.69, 9.17) is 5.11 Å². The van der Waals surface area contributed by atoms with Crippen molar-refractivity contribution in [3.63, 3.8) is 0 Å². The zero-order valence-electron chi connectivity index (χ0n) is 12.2. The molecule has 0 heterocycles. The lowest BCUT2D eigenvalue weighted by molar-refractivity contribution is -0.144. The predicted molar refractivity (Wildman–Crippen MR) is 75.3 cm³/mol. The monoisotopic (exact) mass is 286 g/mol. The maximum absolute atomic E-state index is 11.4. The second kappa shape index (κ2) is 8.21. The first-order chi connectivity index (χ1) is 9.47. The first-order valence-corrected chi connectivity index (χ1v) is 7.39. The molecule has 1 saturated carbocycles. The Bertz CT molecular complexity index is 325. The minimum Gasteiger partial charge on any atom is -0.481 e. The van der Waals surface area contributed by atoms with E-state index in [0.29, 0.717) is 51.7 Å². The molecule has 116 valence electrons. The molecule has 0 aromatic heterocycles.